The number of hydrogen-bond donors (Lipinski definition) is 2. The smallest absolute Gasteiger partial charge is 0.291 e. The molecule has 0 saturated heterocycles. The van der Waals surface area contributed by atoms with Gasteiger partial charge < -0.3 is 19.8 Å². The number of aryl methyl sites for hydroxylation is 1. The van der Waals surface area contributed by atoms with Crippen LogP contribution in [0.15, 0.2) is 82.8 Å². The average Bonchev–Trinajstić information content (AvgIpc) is 3.53. The summed E-state index contributed by atoms with van der Waals surface area (Å²) in [5.41, 5.74) is 3.31. The van der Waals surface area contributed by atoms with Crippen molar-refractivity contribution in [3.63, 3.8) is 0 Å². The highest BCUT2D eigenvalue weighted by Gasteiger charge is 2.08. The molecule has 4 rings (SSSR count). The number of benzene rings is 2. The third-order valence-electron chi connectivity index (χ3n) is 4.76. The molecule has 172 valence electrons. The molecular weight excluding hydrogens is 450 g/mol. The van der Waals surface area contributed by atoms with Crippen LogP contribution < -0.4 is 15.4 Å². The topological polar surface area (TPSA) is 93.5 Å². The van der Waals surface area contributed by atoms with Gasteiger partial charge in [0.25, 0.3) is 5.91 Å². The number of rotatable bonds is 9. The van der Waals surface area contributed by atoms with Gasteiger partial charge in [-0.25, -0.2) is 4.98 Å². The van der Waals surface area contributed by atoms with E-state index < -0.39 is 0 Å². The summed E-state index contributed by atoms with van der Waals surface area (Å²) in [6, 6.07) is 18.0. The van der Waals surface area contributed by atoms with Gasteiger partial charge in [-0.05, 0) is 60.5 Å². The summed E-state index contributed by atoms with van der Waals surface area (Å²) in [6.45, 7) is 2.73. The molecule has 2 aromatic heterocycles. The lowest BCUT2D eigenvalue weighted by Crippen LogP contribution is -2.20. The molecule has 2 amide bonds. The van der Waals surface area contributed by atoms with E-state index in [9.17, 15) is 9.59 Å². The minimum atomic E-state index is -0.316. The number of thiazole rings is 1. The maximum Gasteiger partial charge on any atom is 0.291 e. The molecule has 4 aromatic rings. The first-order valence-corrected chi connectivity index (χ1v) is 11.5. The normalized spacial score (nSPS) is 10.9. The number of ether oxygens (including phenoxy) is 1. The van der Waals surface area contributed by atoms with Crippen LogP contribution in [0.1, 0.15) is 32.4 Å². The van der Waals surface area contributed by atoms with E-state index in [1.165, 1.54) is 12.3 Å². The van der Waals surface area contributed by atoms with Gasteiger partial charge in [0.15, 0.2) is 5.76 Å². The highest BCUT2D eigenvalue weighted by molar-refractivity contribution is 7.09. The lowest BCUT2D eigenvalue weighted by atomic mass is 10.2. The van der Waals surface area contributed by atoms with E-state index >= 15 is 0 Å². The number of carbonyl (C=O) groups is 2. The number of amides is 2. The lowest BCUT2D eigenvalue weighted by Gasteiger charge is -2.06. The highest BCUT2D eigenvalue weighted by Crippen LogP contribution is 2.17. The van der Waals surface area contributed by atoms with Gasteiger partial charge in [0.05, 0.1) is 17.0 Å². The Kier molecular flexibility index (Phi) is 7.52. The Bertz CT molecular complexity index is 1280. The first kappa shape index (κ1) is 23.0. The minimum absolute atomic E-state index is 0.209. The molecule has 0 atom stereocenters. The quantitative estimate of drug-likeness (QED) is 0.326. The Morgan fingerprint density at radius 3 is 2.71 bits per heavy atom. The molecule has 0 unspecified atom stereocenters. The molecule has 0 aliphatic rings. The Hall–Kier alpha value is -4.17. The highest BCUT2D eigenvalue weighted by atomic mass is 32.1. The number of carbonyl (C=O) groups excluding carboxylic acids is 2. The van der Waals surface area contributed by atoms with Crippen LogP contribution in [0.3, 0.4) is 0 Å². The van der Waals surface area contributed by atoms with Crippen LogP contribution in [-0.4, -0.2) is 16.8 Å². The first-order valence-electron chi connectivity index (χ1n) is 10.6. The van der Waals surface area contributed by atoms with E-state index in [0.717, 1.165) is 21.8 Å². The van der Waals surface area contributed by atoms with Gasteiger partial charge in [0.1, 0.15) is 12.4 Å². The number of aromatic nitrogens is 1. The summed E-state index contributed by atoms with van der Waals surface area (Å²) in [5, 5.41) is 8.59. The Balaban J connectivity index is 1.24. The summed E-state index contributed by atoms with van der Waals surface area (Å²) in [4.78, 5) is 28.6. The van der Waals surface area contributed by atoms with Crippen molar-refractivity contribution in [1.82, 2.24) is 10.3 Å². The fraction of sp³-hybridized carbons (Fsp3) is 0.115. The molecule has 2 N–H and O–H groups in total. The SMILES string of the molecule is Cc1nc(COc2cccc(/C=C/C(=O)NCc3ccc(NC(=O)c4ccco4)cc3)c2)cs1. The van der Waals surface area contributed by atoms with Crippen molar-refractivity contribution in [3.05, 3.63) is 106 Å². The van der Waals surface area contributed by atoms with Gasteiger partial charge in [0.2, 0.25) is 5.91 Å². The van der Waals surface area contributed by atoms with Crippen LogP contribution in [0.2, 0.25) is 0 Å². The second-order valence-corrected chi connectivity index (χ2v) is 8.46. The first-order chi connectivity index (χ1) is 16.5. The maximum absolute atomic E-state index is 12.2. The largest absolute Gasteiger partial charge is 0.487 e. The van der Waals surface area contributed by atoms with Crippen LogP contribution in [0.5, 0.6) is 5.75 Å². The third-order valence-corrected chi connectivity index (χ3v) is 5.58. The van der Waals surface area contributed by atoms with Crippen LogP contribution in [0, 0.1) is 6.92 Å². The summed E-state index contributed by atoms with van der Waals surface area (Å²) in [7, 11) is 0. The van der Waals surface area contributed by atoms with Gasteiger partial charge in [-0.1, -0.05) is 24.3 Å². The molecule has 0 aliphatic heterocycles. The van der Waals surface area contributed by atoms with Crippen molar-refractivity contribution in [2.45, 2.75) is 20.1 Å². The molecular formula is C26H23N3O4S. The summed E-state index contributed by atoms with van der Waals surface area (Å²) >= 11 is 1.59. The molecule has 7 nitrogen and oxygen atoms in total. The molecule has 0 radical (unpaired) electrons. The Morgan fingerprint density at radius 1 is 1.12 bits per heavy atom. The van der Waals surface area contributed by atoms with Crippen molar-refractivity contribution in [3.8, 4) is 5.75 Å². The number of nitrogens with one attached hydrogen (secondary N) is 2. The molecule has 2 aromatic carbocycles. The fourth-order valence-corrected chi connectivity index (χ4v) is 3.66. The van der Waals surface area contributed by atoms with Crippen molar-refractivity contribution in [1.29, 1.82) is 0 Å². The van der Waals surface area contributed by atoms with Crippen molar-refractivity contribution < 1.29 is 18.7 Å². The summed E-state index contributed by atoms with van der Waals surface area (Å²) in [6.07, 6.45) is 4.67. The van der Waals surface area contributed by atoms with E-state index in [0.29, 0.717) is 24.6 Å². The number of furan rings is 1. The predicted molar refractivity (Wildman–Crippen MR) is 132 cm³/mol. The van der Waals surface area contributed by atoms with E-state index in [1.807, 2.05) is 48.7 Å². The van der Waals surface area contributed by atoms with Gasteiger partial charge in [-0.15, -0.1) is 11.3 Å². The Labute approximate surface area is 201 Å². The van der Waals surface area contributed by atoms with E-state index in [1.54, 1.807) is 41.7 Å². The lowest BCUT2D eigenvalue weighted by molar-refractivity contribution is -0.116. The number of nitrogens with zero attached hydrogens (tertiary/aromatic N) is 1. The molecule has 34 heavy (non-hydrogen) atoms. The molecule has 0 fully saturated rings. The zero-order chi connectivity index (χ0) is 23.8. The van der Waals surface area contributed by atoms with Crippen molar-refractivity contribution in [2.75, 3.05) is 5.32 Å². The van der Waals surface area contributed by atoms with E-state index in [4.69, 9.17) is 9.15 Å². The predicted octanol–water partition coefficient (Wildman–Crippen LogP) is 5.21. The molecule has 0 bridgehead atoms. The van der Waals surface area contributed by atoms with Gasteiger partial charge in [-0.3, -0.25) is 9.59 Å². The second-order valence-electron chi connectivity index (χ2n) is 7.40. The summed E-state index contributed by atoms with van der Waals surface area (Å²) < 4.78 is 10.9. The standard InChI is InChI=1S/C26H23N3O4S/c1-18-28-22(17-34-18)16-33-23-5-2-4-19(14-23)9-12-25(30)27-15-20-7-10-21(11-8-20)29-26(31)24-6-3-13-32-24/h2-14,17H,15-16H2,1H3,(H,27,30)(H,29,31)/b12-9+. The molecule has 0 aliphatic carbocycles. The second kappa shape index (κ2) is 11.1. The Morgan fingerprint density at radius 2 is 1.97 bits per heavy atom. The third kappa shape index (κ3) is 6.66. The zero-order valence-corrected chi connectivity index (χ0v) is 19.3. The molecule has 0 spiro atoms. The van der Waals surface area contributed by atoms with Crippen LogP contribution in [-0.2, 0) is 17.9 Å². The monoisotopic (exact) mass is 473 g/mol. The number of anilines is 1. The molecule has 2 heterocycles. The van der Waals surface area contributed by atoms with E-state index in [2.05, 4.69) is 15.6 Å². The number of hydrogen-bond acceptors (Lipinski definition) is 6. The minimum Gasteiger partial charge on any atom is -0.487 e. The van der Waals surface area contributed by atoms with Crippen molar-refractivity contribution >= 4 is 34.9 Å². The van der Waals surface area contributed by atoms with Gasteiger partial charge in [0, 0.05) is 23.7 Å². The maximum atomic E-state index is 12.2. The van der Waals surface area contributed by atoms with Gasteiger partial charge in [-0.2, -0.15) is 0 Å². The summed E-state index contributed by atoms with van der Waals surface area (Å²) in [5.74, 6) is 0.436. The molecule has 0 saturated carbocycles. The van der Waals surface area contributed by atoms with E-state index in [-0.39, 0.29) is 17.6 Å². The van der Waals surface area contributed by atoms with Crippen LogP contribution >= 0.6 is 11.3 Å². The van der Waals surface area contributed by atoms with Crippen molar-refractivity contribution in [2.24, 2.45) is 0 Å². The zero-order valence-electron chi connectivity index (χ0n) is 18.5. The van der Waals surface area contributed by atoms with Crippen LogP contribution in [0.4, 0.5) is 5.69 Å². The average molecular weight is 474 g/mol. The molecule has 8 heteroatoms. The fourth-order valence-electron chi connectivity index (χ4n) is 3.07. The van der Waals surface area contributed by atoms with Crippen LogP contribution in [0.25, 0.3) is 6.08 Å². The van der Waals surface area contributed by atoms with Gasteiger partial charge >= 0.3 is 0 Å².